The normalized spacial score (nSPS) is 17.1. The number of nitrogens with one attached hydrogen (secondary N) is 1. The lowest BCUT2D eigenvalue weighted by Gasteiger charge is -2.37. The van der Waals surface area contributed by atoms with Crippen LogP contribution in [-0.4, -0.2) is 49.6 Å². The van der Waals surface area contributed by atoms with Crippen LogP contribution in [-0.2, 0) is 11.4 Å². The third kappa shape index (κ3) is 4.88. The van der Waals surface area contributed by atoms with Crippen LogP contribution >= 0.6 is 11.6 Å². The van der Waals surface area contributed by atoms with Gasteiger partial charge in [0.2, 0.25) is 0 Å². The molecule has 0 bridgehead atoms. The number of pyridine rings is 1. The predicted molar refractivity (Wildman–Crippen MR) is 115 cm³/mol. The van der Waals surface area contributed by atoms with Crippen LogP contribution in [0.3, 0.4) is 0 Å². The molecule has 1 aliphatic rings. The Morgan fingerprint density at radius 2 is 2.14 bits per heavy atom. The van der Waals surface area contributed by atoms with Crippen LogP contribution < -0.4 is 9.46 Å². The van der Waals surface area contributed by atoms with Crippen LogP contribution in [0.5, 0.6) is 5.75 Å². The van der Waals surface area contributed by atoms with Crippen molar-refractivity contribution < 1.29 is 19.2 Å². The summed E-state index contributed by atoms with van der Waals surface area (Å²) in [6.45, 7) is 8.49. The summed E-state index contributed by atoms with van der Waals surface area (Å²) in [5.41, 5.74) is 0.970. The Kier molecular flexibility index (Phi) is 6.48. The van der Waals surface area contributed by atoms with E-state index in [9.17, 15) is 9.35 Å². The Hall–Kier alpha value is -1.74. The Morgan fingerprint density at radius 3 is 2.72 bits per heavy atom. The highest BCUT2D eigenvalue weighted by molar-refractivity contribution is 7.90. The fourth-order valence-electron chi connectivity index (χ4n) is 3.14. The van der Waals surface area contributed by atoms with Crippen LogP contribution in [0.1, 0.15) is 45.7 Å². The third-order valence-electron chi connectivity index (χ3n) is 4.86. The van der Waals surface area contributed by atoms with Gasteiger partial charge in [0.1, 0.15) is 21.8 Å². The number of hydrogen-bond acceptors (Lipinski definition) is 5. The van der Waals surface area contributed by atoms with Gasteiger partial charge in [0.05, 0.1) is 19.1 Å². The fraction of sp³-hybridized carbons (Fsp3) is 0.500. The Balaban J connectivity index is 1.91. The molecule has 0 radical (unpaired) electrons. The number of carbonyl (C=O) groups is 1. The minimum Gasteiger partial charge on any atom is -0.598 e. The van der Waals surface area contributed by atoms with E-state index in [1.165, 1.54) is 4.90 Å². The standard InChI is InChI=1S/C20H26ClN3O4S/c1-5-16(23-29(27)20(2,3)4)13-6-7-17(15-9-22-18(21)8-14(13)15)28-12-10-24(11-12)19(25)26/h6-9,12,16,23H,5,10-11H2,1-4H3,(H,25,26)/t16-,29-/m0/s1. The fourth-order valence-corrected chi connectivity index (χ4v) is 4.20. The van der Waals surface area contributed by atoms with Crippen molar-refractivity contribution in [1.29, 1.82) is 0 Å². The molecule has 29 heavy (non-hydrogen) atoms. The highest BCUT2D eigenvalue weighted by Gasteiger charge is 2.33. The largest absolute Gasteiger partial charge is 0.598 e. The first-order chi connectivity index (χ1) is 13.6. The average Bonchev–Trinajstić information content (AvgIpc) is 2.60. The van der Waals surface area contributed by atoms with Crippen molar-refractivity contribution in [3.8, 4) is 5.75 Å². The van der Waals surface area contributed by atoms with Crippen LogP contribution in [0.2, 0.25) is 5.15 Å². The lowest BCUT2D eigenvalue weighted by molar-refractivity contribution is 0.0260. The topological polar surface area (TPSA) is 97.8 Å². The lowest BCUT2D eigenvalue weighted by Crippen LogP contribution is -2.55. The van der Waals surface area contributed by atoms with E-state index >= 15 is 0 Å². The first-order valence-electron chi connectivity index (χ1n) is 9.51. The second-order valence-electron chi connectivity index (χ2n) is 8.09. The molecule has 3 rings (SSSR count). The summed E-state index contributed by atoms with van der Waals surface area (Å²) in [4.78, 5) is 16.4. The molecule has 0 spiro atoms. The molecule has 1 aliphatic heterocycles. The van der Waals surface area contributed by atoms with Crippen molar-refractivity contribution in [3.63, 3.8) is 0 Å². The number of fused-ring (bicyclic) bond motifs is 1. The zero-order chi connectivity index (χ0) is 21.3. The smallest absolute Gasteiger partial charge is 0.407 e. The van der Waals surface area contributed by atoms with Gasteiger partial charge in [-0.05, 0) is 50.3 Å². The van der Waals surface area contributed by atoms with Crippen LogP contribution in [0, 0.1) is 0 Å². The highest BCUT2D eigenvalue weighted by atomic mass is 35.5. The SMILES string of the molecule is CC[C@H](N[S@@+]([O-])C(C)(C)C)c1ccc(OC2CN(C(=O)O)C2)c2cnc(Cl)cc12. The lowest BCUT2D eigenvalue weighted by atomic mass is 9.98. The van der Waals surface area contributed by atoms with Gasteiger partial charge in [-0.3, -0.25) is 0 Å². The average molecular weight is 440 g/mol. The van der Waals surface area contributed by atoms with Crippen molar-refractivity contribution in [2.24, 2.45) is 0 Å². The number of aromatic nitrogens is 1. The molecule has 1 aromatic carbocycles. The van der Waals surface area contributed by atoms with Crippen LogP contribution in [0.4, 0.5) is 4.79 Å². The maximum atomic E-state index is 12.6. The van der Waals surface area contributed by atoms with Gasteiger partial charge < -0.3 is 19.3 Å². The van der Waals surface area contributed by atoms with Gasteiger partial charge in [0.15, 0.2) is 0 Å². The summed E-state index contributed by atoms with van der Waals surface area (Å²) in [7, 11) is 0. The van der Waals surface area contributed by atoms with Crippen molar-refractivity contribution in [2.75, 3.05) is 13.1 Å². The van der Waals surface area contributed by atoms with Crippen molar-refractivity contribution in [2.45, 2.75) is 51.0 Å². The van der Waals surface area contributed by atoms with E-state index < -0.39 is 17.5 Å². The van der Waals surface area contributed by atoms with Gasteiger partial charge in [-0.25, -0.2) is 9.78 Å². The summed E-state index contributed by atoms with van der Waals surface area (Å²) < 4.78 is 21.5. The van der Waals surface area contributed by atoms with E-state index in [1.54, 1.807) is 12.3 Å². The molecule has 2 N–H and O–H groups in total. The molecule has 1 fully saturated rings. The van der Waals surface area contributed by atoms with E-state index in [1.807, 2.05) is 39.8 Å². The molecule has 9 heteroatoms. The molecule has 158 valence electrons. The van der Waals surface area contributed by atoms with E-state index in [0.717, 1.165) is 22.8 Å². The minimum absolute atomic E-state index is 0.128. The van der Waals surface area contributed by atoms with E-state index in [-0.39, 0.29) is 16.9 Å². The molecule has 1 aromatic heterocycles. The van der Waals surface area contributed by atoms with Crippen molar-refractivity contribution in [3.05, 3.63) is 35.1 Å². The highest BCUT2D eigenvalue weighted by Crippen LogP contribution is 2.35. The van der Waals surface area contributed by atoms with Gasteiger partial charge in [-0.2, -0.15) is 0 Å². The number of ether oxygens (including phenoxy) is 1. The predicted octanol–water partition coefficient (Wildman–Crippen LogP) is 4.13. The number of nitrogens with zero attached hydrogens (tertiary/aromatic N) is 2. The molecule has 7 nitrogen and oxygen atoms in total. The number of hydrogen-bond donors (Lipinski definition) is 2. The van der Waals surface area contributed by atoms with Gasteiger partial charge in [0.25, 0.3) is 0 Å². The van der Waals surface area contributed by atoms with Crippen LogP contribution in [0.25, 0.3) is 10.8 Å². The third-order valence-corrected chi connectivity index (χ3v) is 6.68. The molecular weight excluding hydrogens is 414 g/mol. The van der Waals surface area contributed by atoms with Gasteiger partial charge in [-0.15, -0.1) is 4.72 Å². The molecule has 0 unspecified atom stereocenters. The molecule has 2 heterocycles. The second-order valence-corrected chi connectivity index (χ2v) is 10.5. The number of benzene rings is 1. The summed E-state index contributed by atoms with van der Waals surface area (Å²) in [6.07, 6.45) is 1.27. The molecule has 2 aromatic rings. The molecule has 0 aliphatic carbocycles. The summed E-state index contributed by atoms with van der Waals surface area (Å²) in [5.74, 6) is 0.634. The molecule has 0 saturated carbocycles. The molecule has 1 saturated heterocycles. The Labute approximate surface area is 178 Å². The summed E-state index contributed by atoms with van der Waals surface area (Å²) in [5, 5.41) is 11.0. The number of rotatable bonds is 6. The number of amides is 1. The number of halogens is 1. The van der Waals surface area contributed by atoms with Gasteiger partial charge >= 0.3 is 6.09 Å². The maximum Gasteiger partial charge on any atom is 0.407 e. The molecule has 2 atom stereocenters. The summed E-state index contributed by atoms with van der Waals surface area (Å²) >= 11 is 4.94. The molecular formula is C20H26ClN3O4S. The monoisotopic (exact) mass is 439 g/mol. The van der Waals surface area contributed by atoms with Crippen molar-refractivity contribution >= 4 is 39.8 Å². The zero-order valence-electron chi connectivity index (χ0n) is 16.9. The minimum atomic E-state index is -1.22. The second kappa shape index (κ2) is 8.55. The van der Waals surface area contributed by atoms with Gasteiger partial charge in [-0.1, -0.05) is 24.6 Å². The zero-order valence-corrected chi connectivity index (χ0v) is 18.5. The first kappa shape index (κ1) is 22.0. The van der Waals surface area contributed by atoms with E-state index in [2.05, 4.69) is 9.71 Å². The number of carboxylic acid groups (broad SMARTS) is 1. The maximum absolute atomic E-state index is 12.6. The quantitative estimate of drug-likeness (QED) is 0.518. The summed E-state index contributed by atoms with van der Waals surface area (Å²) in [6, 6.07) is 5.47. The van der Waals surface area contributed by atoms with E-state index in [4.69, 9.17) is 21.4 Å². The Bertz CT molecular complexity index is 899. The van der Waals surface area contributed by atoms with Crippen LogP contribution in [0.15, 0.2) is 24.4 Å². The Morgan fingerprint density at radius 1 is 1.45 bits per heavy atom. The van der Waals surface area contributed by atoms with Gasteiger partial charge in [0, 0.05) is 22.9 Å². The first-order valence-corrected chi connectivity index (χ1v) is 11.0. The van der Waals surface area contributed by atoms with Crippen molar-refractivity contribution in [1.82, 2.24) is 14.6 Å². The number of likely N-dealkylation sites (tertiary alicyclic amines) is 1. The molecule has 1 amide bonds. The van der Waals surface area contributed by atoms with E-state index in [0.29, 0.717) is 24.0 Å².